The highest BCUT2D eigenvalue weighted by Gasteiger charge is 2.26. The third kappa shape index (κ3) is 4.31. The van der Waals surface area contributed by atoms with E-state index in [0.717, 1.165) is 64.7 Å². The van der Waals surface area contributed by atoms with Crippen LogP contribution >= 0.6 is 22.7 Å². The summed E-state index contributed by atoms with van der Waals surface area (Å²) in [6.07, 6.45) is 12.9. The zero-order chi connectivity index (χ0) is 30.8. The van der Waals surface area contributed by atoms with Gasteiger partial charge in [-0.1, -0.05) is 6.07 Å². The molecule has 0 amide bonds. The van der Waals surface area contributed by atoms with Crippen molar-refractivity contribution in [3.05, 3.63) is 69.8 Å². The molecule has 0 N–H and O–H groups in total. The normalized spacial score (nSPS) is 15.9. The maximum atomic E-state index is 14.4. The van der Waals surface area contributed by atoms with E-state index in [1.807, 2.05) is 24.3 Å². The number of aromatic nitrogens is 8. The molecule has 0 spiro atoms. The van der Waals surface area contributed by atoms with Crippen LogP contribution in [0.25, 0.3) is 52.5 Å². The molecule has 1 aromatic carbocycles. The van der Waals surface area contributed by atoms with Crippen molar-refractivity contribution in [3.63, 3.8) is 0 Å². The minimum atomic E-state index is -0.175. The van der Waals surface area contributed by atoms with Gasteiger partial charge in [0.25, 0.3) is 11.1 Å². The number of fused-ring (bicyclic) bond motifs is 6. The number of hydrogen-bond acceptors (Lipinski definition) is 12. The summed E-state index contributed by atoms with van der Waals surface area (Å²) >= 11 is 2.62. The third-order valence-electron chi connectivity index (χ3n) is 8.85. The molecular formula is C32H28N10O2S2. The fourth-order valence-corrected chi connectivity index (χ4v) is 8.60. The summed E-state index contributed by atoms with van der Waals surface area (Å²) in [4.78, 5) is 62.7. The molecule has 14 heteroatoms. The van der Waals surface area contributed by atoms with Gasteiger partial charge in [0, 0.05) is 51.0 Å². The molecule has 46 heavy (non-hydrogen) atoms. The van der Waals surface area contributed by atoms with Crippen LogP contribution in [0.3, 0.4) is 0 Å². The van der Waals surface area contributed by atoms with Gasteiger partial charge in [-0.2, -0.15) is 0 Å². The molecule has 12 nitrogen and oxygen atoms in total. The molecule has 8 heterocycles. The Morgan fingerprint density at radius 1 is 0.543 bits per heavy atom. The van der Waals surface area contributed by atoms with Crippen LogP contribution in [0.15, 0.2) is 58.6 Å². The average Bonchev–Trinajstić information content (AvgIpc) is 3.68. The molecule has 0 aliphatic carbocycles. The van der Waals surface area contributed by atoms with Crippen LogP contribution in [0.4, 0.5) is 11.9 Å². The van der Waals surface area contributed by atoms with Gasteiger partial charge >= 0.3 is 0 Å². The van der Waals surface area contributed by atoms with Crippen molar-refractivity contribution in [1.82, 2.24) is 39.0 Å². The Balaban J connectivity index is 1.29. The summed E-state index contributed by atoms with van der Waals surface area (Å²) in [7, 11) is 0. The fourth-order valence-electron chi connectivity index (χ4n) is 6.66. The Morgan fingerprint density at radius 2 is 0.978 bits per heavy atom. The lowest BCUT2D eigenvalue weighted by Gasteiger charge is -2.30. The van der Waals surface area contributed by atoms with Crippen LogP contribution < -0.4 is 20.9 Å². The van der Waals surface area contributed by atoms with Gasteiger partial charge in [0.1, 0.15) is 41.1 Å². The van der Waals surface area contributed by atoms with E-state index >= 15 is 0 Å². The molecule has 0 atom stereocenters. The maximum Gasteiger partial charge on any atom is 0.277 e. The van der Waals surface area contributed by atoms with Crippen LogP contribution in [0, 0.1) is 0 Å². The van der Waals surface area contributed by atoms with Gasteiger partial charge in [0.15, 0.2) is 0 Å². The van der Waals surface area contributed by atoms with E-state index in [0.29, 0.717) is 64.4 Å². The predicted octanol–water partition coefficient (Wildman–Crippen LogP) is 5.07. The number of hydrogen-bond donors (Lipinski definition) is 0. The van der Waals surface area contributed by atoms with Crippen LogP contribution in [0.1, 0.15) is 38.5 Å². The second-order valence-electron chi connectivity index (χ2n) is 11.7. The largest absolute Gasteiger partial charge is 0.342 e. The lowest BCUT2D eigenvalue weighted by Crippen LogP contribution is -2.36. The van der Waals surface area contributed by atoms with E-state index in [1.54, 1.807) is 33.9 Å². The summed E-state index contributed by atoms with van der Waals surface area (Å²) in [5, 5.41) is 0. The van der Waals surface area contributed by atoms with Crippen LogP contribution in [-0.2, 0) is 0 Å². The van der Waals surface area contributed by atoms with Crippen LogP contribution in [0.5, 0.6) is 0 Å². The van der Waals surface area contributed by atoms with Gasteiger partial charge < -0.3 is 9.80 Å². The number of thiophene rings is 2. The number of anilines is 2. The molecule has 6 aromatic heterocycles. The summed E-state index contributed by atoms with van der Waals surface area (Å²) in [6, 6.07) is 7.60. The molecule has 0 radical (unpaired) electrons. The molecule has 0 bridgehead atoms. The van der Waals surface area contributed by atoms with E-state index in [4.69, 9.17) is 9.97 Å². The Bertz CT molecular complexity index is 2250. The number of nitrogens with zero attached hydrogens (tertiary/aromatic N) is 10. The van der Waals surface area contributed by atoms with Crippen molar-refractivity contribution >= 4 is 75.7 Å². The van der Waals surface area contributed by atoms with Crippen molar-refractivity contribution in [1.29, 1.82) is 0 Å². The SMILES string of the molecule is O=c1c2sc3nccnc3c2nc(N2CCCCC2)n1-c1cccc(-n2c(N3CCCCC3)nc3c(sc4nccnc43)c2=O)c1. The first-order chi connectivity index (χ1) is 22.7. The first-order valence-corrected chi connectivity index (χ1v) is 17.2. The topological polar surface area (TPSA) is 128 Å². The quantitative estimate of drug-likeness (QED) is 0.255. The zero-order valence-electron chi connectivity index (χ0n) is 24.8. The van der Waals surface area contributed by atoms with E-state index in [9.17, 15) is 9.59 Å². The standard InChI is InChI=1S/C32H28N10O2S2/c43-29-25-21(23-27(45-25)35-12-10-33-23)37-31(39-14-3-1-4-15-39)41(29)19-8-7-9-20(18-19)42-30(44)26-22(24-28(46-26)36-13-11-34-24)38-32(42)40-16-5-2-6-17-40/h7-13,18H,1-6,14-17H2. The van der Waals surface area contributed by atoms with Gasteiger partial charge in [-0.15, -0.1) is 22.7 Å². The first kappa shape index (κ1) is 27.5. The second-order valence-corrected chi connectivity index (χ2v) is 13.7. The Morgan fingerprint density at radius 3 is 1.43 bits per heavy atom. The number of piperidine rings is 2. The average molecular weight is 649 g/mol. The molecule has 9 rings (SSSR count). The molecule has 7 aromatic rings. The highest BCUT2D eigenvalue weighted by molar-refractivity contribution is 7.25. The smallest absolute Gasteiger partial charge is 0.277 e. The molecular weight excluding hydrogens is 621 g/mol. The zero-order valence-corrected chi connectivity index (χ0v) is 26.4. The Kier molecular flexibility index (Phi) is 6.52. The first-order valence-electron chi connectivity index (χ1n) is 15.6. The molecule has 0 saturated carbocycles. The molecule has 2 aliphatic rings. The van der Waals surface area contributed by atoms with Gasteiger partial charge in [0.05, 0.1) is 11.4 Å². The monoisotopic (exact) mass is 648 g/mol. The molecule has 0 unspecified atom stereocenters. The Hall–Kier alpha value is -4.82. The van der Waals surface area contributed by atoms with Crippen LogP contribution in [0.2, 0.25) is 0 Å². The van der Waals surface area contributed by atoms with Crippen molar-refractivity contribution in [3.8, 4) is 11.4 Å². The molecule has 230 valence electrons. The summed E-state index contributed by atoms with van der Waals surface area (Å²) < 4.78 is 4.40. The van der Waals surface area contributed by atoms with Gasteiger partial charge in [0.2, 0.25) is 11.9 Å². The summed E-state index contributed by atoms with van der Waals surface area (Å²) in [6.45, 7) is 3.22. The van der Waals surface area contributed by atoms with E-state index in [1.165, 1.54) is 22.7 Å². The second kappa shape index (κ2) is 10.9. The predicted molar refractivity (Wildman–Crippen MR) is 182 cm³/mol. The highest BCUT2D eigenvalue weighted by Crippen LogP contribution is 2.33. The van der Waals surface area contributed by atoms with E-state index < -0.39 is 0 Å². The molecule has 2 fully saturated rings. The fraction of sp³-hybridized carbons (Fsp3) is 0.312. The van der Waals surface area contributed by atoms with Gasteiger partial charge in [-0.25, -0.2) is 39.0 Å². The minimum Gasteiger partial charge on any atom is -0.342 e. The lowest BCUT2D eigenvalue weighted by atomic mass is 10.1. The number of benzene rings is 1. The van der Waals surface area contributed by atoms with Crippen molar-refractivity contribution in [2.75, 3.05) is 36.0 Å². The maximum absolute atomic E-state index is 14.4. The van der Waals surface area contributed by atoms with Gasteiger partial charge in [-0.05, 0) is 56.7 Å². The molecule has 2 aliphatic heterocycles. The molecule has 2 saturated heterocycles. The van der Waals surface area contributed by atoms with Gasteiger partial charge in [-0.3, -0.25) is 9.59 Å². The van der Waals surface area contributed by atoms with E-state index in [-0.39, 0.29) is 11.1 Å². The Labute approximate surface area is 269 Å². The lowest BCUT2D eigenvalue weighted by molar-refractivity contribution is 0.563. The van der Waals surface area contributed by atoms with Crippen molar-refractivity contribution < 1.29 is 0 Å². The van der Waals surface area contributed by atoms with Crippen LogP contribution in [-0.4, -0.2) is 65.2 Å². The van der Waals surface area contributed by atoms with Crippen molar-refractivity contribution in [2.24, 2.45) is 0 Å². The number of rotatable bonds is 4. The van der Waals surface area contributed by atoms with Crippen molar-refractivity contribution in [2.45, 2.75) is 38.5 Å². The summed E-state index contributed by atoms with van der Waals surface area (Å²) in [5.74, 6) is 1.16. The minimum absolute atomic E-state index is 0.175. The third-order valence-corrected chi connectivity index (χ3v) is 11.0. The van der Waals surface area contributed by atoms with E-state index in [2.05, 4.69) is 29.7 Å². The highest BCUT2D eigenvalue weighted by atomic mass is 32.1. The summed E-state index contributed by atoms with van der Waals surface area (Å²) in [5.41, 5.74) is 3.36.